The molecule has 0 saturated heterocycles. The predicted molar refractivity (Wildman–Crippen MR) is 111 cm³/mol. The smallest absolute Gasteiger partial charge is 0.337 e. The average molecular weight is 388 g/mol. The van der Waals surface area contributed by atoms with Crippen LogP contribution in [0.4, 0.5) is 11.4 Å². The van der Waals surface area contributed by atoms with Gasteiger partial charge >= 0.3 is 5.97 Å². The van der Waals surface area contributed by atoms with Gasteiger partial charge in [0.05, 0.1) is 12.7 Å². The third kappa shape index (κ3) is 4.87. The van der Waals surface area contributed by atoms with Gasteiger partial charge in [0, 0.05) is 22.5 Å². The van der Waals surface area contributed by atoms with E-state index in [9.17, 15) is 14.4 Å². The average Bonchev–Trinajstić information content (AvgIpc) is 2.76. The van der Waals surface area contributed by atoms with Crippen LogP contribution in [0.1, 0.15) is 36.6 Å². The Bertz CT molecular complexity index is 1040. The quantitative estimate of drug-likeness (QED) is 0.639. The van der Waals surface area contributed by atoms with Crippen molar-refractivity contribution in [1.29, 1.82) is 0 Å². The van der Waals surface area contributed by atoms with Crippen LogP contribution in [0.25, 0.3) is 0 Å². The Hall–Kier alpha value is -3.93. The number of esters is 1. The van der Waals surface area contributed by atoms with Gasteiger partial charge in [-0.1, -0.05) is 24.3 Å². The zero-order chi connectivity index (χ0) is 20.8. The standard InChI is InChI=1S/C23H20N2O4/c1-15-8-13-19(24-21(26)16-6-4-3-5-7-16)14-20(15)25-22(27)17-9-11-18(12-10-17)23(28)29-2/h3-14H,1-2H3,(H,24,26)(H,25,27). The van der Waals surface area contributed by atoms with Gasteiger partial charge in [-0.15, -0.1) is 0 Å². The molecule has 3 aromatic carbocycles. The molecule has 6 heteroatoms. The predicted octanol–water partition coefficient (Wildman–Crippen LogP) is 4.29. The first-order chi connectivity index (χ1) is 14.0. The summed E-state index contributed by atoms with van der Waals surface area (Å²) in [4.78, 5) is 36.4. The number of amides is 2. The van der Waals surface area contributed by atoms with Gasteiger partial charge in [-0.3, -0.25) is 9.59 Å². The Balaban J connectivity index is 1.73. The van der Waals surface area contributed by atoms with E-state index in [4.69, 9.17) is 0 Å². The van der Waals surface area contributed by atoms with E-state index in [-0.39, 0.29) is 11.8 Å². The highest BCUT2D eigenvalue weighted by atomic mass is 16.5. The van der Waals surface area contributed by atoms with Crippen molar-refractivity contribution < 1.29 is 19.1 Å². The molecule has 0 aromatic heterocycles. The molecule has 0 unspecified atom stereocenters. The van der Waals surface area contributed by atoms with E-state index in [1.807, 2.05) is 19.1 Å². The third-order valence-electron chi connectivity index (χ3n) is 4.35. The molecule has 0 fully saturated rings. The third-order valence-corrected chi connectivity index (χ3v) is 4.35. The number of methoxy groups -OCH3 is 1. The molecular formula is C23H20N2O4. The second kappa shape index (κ2) is 8.84. The van der Waals surface area contributed by atoms with Crippen LogP contribution in [-0.4, -0.2) is 24.9 Å². The molecule has 0 aliphatic carbocycles. The highest BCUT2D eigenvalue weighted by Crippen LogP contribution is 2.22. The number of rotatable bonds is 5. The molecule has 0 radical (unpaired) electrons. The molecule has 3 aromatic rings. The van der Waals surface area contributed by atoms with Crippen molar-refractivity contribution in [2.45, 2.75) is 6.92 Å². The van der Waals surface area contributed by atoms with Crippen molar-refractivity contribution >= 4 is 29.2 Å². The number of benzene rings is 3. The Morgan fingerprint density at radius 2 is 1.31 bits per heavy atom. The van der Waals surface area contributed by atoms with Crippen LogP contribution < -0.4 is 10.6 Å². The molecule has 0 atom stereocenters. The van der Waals surface area contributed by atoms with E-state index in [1.165, 1.54) is 19.2 Å². The van der Waals surface area contributed by atoms with Gasteiger partial charge in [0.15, 0.2) is 0 Å². The molecule has 0 heterocycles. The molecule has 146 valence electrons. The minimum Gasteiger partial charge on any atom is -0.465 e. The second-order valence-electron chi connectivity index (χ2n) is 6.37. The number of ether oxygens (including phenoxy) is 1. The van der Waals surface area contributed by atoms with E-state index >= 15 is 0 Å². The zero-order valence-electron chi connectivity index (χ0n) is 16.1. The Kier molecular flexibility index (Phi) is 6.04. The van der Waals surface area contributed by atoms with Crippen LogP contribution in [0, 0.1) is 6.92 Å². The van der Waals surface area contributed by atoms with E-state index in [2.05, 4.69) is 15.4 Å². The summed E-state index contributed by atoms with van der Waals surface area (Å²) >= 11 is 0. The molecular weight excluding hydrogens is 368 g/mol. The number of nitrogens with one attached hydrogen (secondary N) is 2. The molecule has 2 N–H and O–H groups in total. The van der Waals surface area contributed by atoms with E-state index in [0.29, 0.717) is 28.1 Å². The van der Waals surface area contributed by atoms with Crippen molar-refractivity contribution in [3.05, 3.63) is 95.1 Å². The normalized spacial score (nSPS) is 10.1. The molecule has 0 bridgehead atoms. The van der Waals surface area contributed by atoms with Crippen molar-refractivity contribution in [3.8, 4) is 0 Å². The van der Waals surface area contributed by atoms with E-state index in [1.54, 1.807) is 48.5 Å². The van der Waals surface area contributed by atoms with Crippen LogP contribution >= 0.6 is 0 Å². The minimum absolute atomic E-state index is 0.231. The van der Waals surface area contributed by atoms with Gasteiger partial charge in [-0.2, -0.15) is 0 Å². The fourth-order valence-electron chi connectivity index (χ4n) is 2.70. The number of carbonyl (C=O) groups is 3. The molecule has 2 amide bonds. The molecule has 0 aliphatic heterocycles. The van der Waals surface area contributed by atoms with Gasteiger partial charge in [-0.05, 0) is 61.0 Å². The van der Waals surface area contributed by atoms with E-state index in [0.717, 1.165) is 5.56 Å². The van der Waals surface area contributed by atoms with Gasteiger partial charge in [0.25, 0.3) is 11.8 Å². The maximum absolute atomic E-state index is 12.6. The topological polar surface area (TPSA) is 84.5 Å². The lowest BCUT2D eigenvalue weighted by Gasteiger charge is -2.12. The molecule has 0 aliphatic rings. The lowest BCUT2D eigenvalue weighted by molar-refractivity contribution is 0.0600. The monoisotopic (exact) mass is 388 g/mol. The summed E-state index contributed by atoms with van der Waals surface area (Å²) in [7, 11) is 1.30. The van der Waals surface area contributed by atoms with Crippen LogP contribution in [0.5, 0.6) is 0 Å². The summed E-state index contributed by atoms with van der Waals surface area (Å²) in [5.41, 5.74) is 3.31. The minimum atomic E-state index is -0.463. The Morgan fingerprint density at radius 3 is 1.97 bits per heavy atom. The van der Waals surface area contributed by atoms with Crippen LogP contribution in [0.15, 0.2) is 72.8 Å². The lowest BCUT2D eigenvalue weighted by Crippen LogP contribution is -2.15. The number of hydrogen-bond acceptors (Lipinski definition) is 4. The first-order valence-electron chi connectivity index (χ1n) is 8.94. The van der Waals surface area contributed by atoms with Gasteiger partial charge in [0.1, 0.15) is 0 Å². The fraction of sp³-hybridized carbons (Fsp3) is 0.0870. The van der Waals surface area contributed by atoms with Crippen molar-refractivity contribution in [2.75, 3.05) is 17.7 Å². The van der Waals surface area contributed by atoms with Crippen molar-refractivity contribution in [3.63, 3.8) is 0 Å². The lowest BCUT2D eigenvalue weighted by atomic mass is 10.1. The molecule has 3 rings (SSSR count). The van der Waals surface area contributed by atoms with E-state index < -0.39 is 5.97 Å². The van der Waals surface area contributed by atoms with Crippen LogP contribution in [0.2, 0.25) is 0 Å². The summed E-state index contributed by atoms with van der Waals surface area (Å²) < 4.78 is 4.65. The summed E-state index contributed by atoms with van der Waals surface area (Å²) in [6, 6.07) is 20.3. The van der Waals surface area contributed by atoms with Crippen LogP contribution in [0.3, 0.4) is 0 Å². The SMILES string of the molecule is COC(=O)c1ccc(C(=O)Nc2cc(NC(=O)c3ccccc3)ccc2C)cc1. The van der Waals surface area contributed by atoms with Gasteiger partial charge in [-0.25, -0.2) is 4.79 Å². The van der Waals surface area contributed by atoms with Crippen molar-refractivity contribution in [1.82, 2.24) is 0 Å². The zero-order valence-corrected chi connectivity index (χ0v) is 16.1. The fourth-order valence-corrected chi connectivity index (χ4v) is 2.70. The molecule has 0 spiro atoms. The maximum Gasteiger partial charge on any atom is 0.337 e. The van der Waals surface area contributed by atoms with Gasteiger partial charge in [0.2, 0.25) is 0 Å². The first-order valence-corrected chi connectivity index (χ1v) is 8.94. The highest BCUT2D eigenvalue weighted by molar-refractivity contribution is 6.07. The van der Waals surface area contributed by atoms with Gasteiger partial charge < -0.3 is 15.4 Å². The maximum atomic E-state index is 12.6. The summed E-state index contributed by atoms with van der Waals surface area (Å²) in [5.74, 6) is -1.02. The van der Waals surface area contributed by atoms with Crippen molar-refractivity contribution in [2.24, 2.45) is 0 Å². The summed E-state index contributed by atoms with van der Waals surface area (Å²) in [6.07, 6.45) is 0. The molecule has 6 nitrogen and oxygen atoms in total. The first kappa shape index (κ1) is 19.8. The number of anilines is 2. The number of carbonyl (C=O) groups excluding carboxylic acids is 3. The van der Waals surface area contributed by atoms with Crippen LogP contribution in [-0.2, 0) is 4.74 Å². The second-order valence-corrected chi connectivity index (χ2v) is 6.37. The highest BCUT2D eigenvalue weighted by Gasteiger charge is 2.12. The molecule has 0 saturated carbocycles. The molecule has 29 heavy (non-hydrogen) atoms. The Labute approximate surface area is 168 Å². The Morgan fingerprint density at radius 1 is 0.724 bits per heavy atom. The summed E-state index contributed by atoms with van der Waals surface area (Å²) in [5, 5.41) is 5.66. The number of aryl methyl sites for hydroxylation is 1. The summed E-state index contributed by atoms with van der Waals surface area (Å²) in [6.45, 7) is 1.86. The number of hydrogen-bond donors (Lipinski definition) is 2. The largest absolute Gasteiger partial charge is 0.465 e.